The van der Waals surface area contributed by atoms with E-state index >= 15 is 0 Å². The summed E-state index contributed by atoms with van der Waals surface area (Å²) in [5, 5.41) is 0. The summed E-state index contributed by atoms with van der Waals surface area (Å²) in [6, 6.07) is 6.08. The smallest absolute Gasteiger partial charge is 0.0416 e. The summed E-state index contributed by atoms with van der Waals surface area (Å²) in [7, 11) is 0. The van der Waals surface area contributed by atoms with Crippen LogP contribution >= 0.6 is 0 Å². The maximum Gasteiger partial charge on any atom is 0.0416 e. The molecule has 1 rings (SSSR count). The van der Waals surface area contributed by atoms with E-state index in [1.807, 2.05) is 18.3 Å². The Kier molecular flexibility index (Phi) is 5.59. The summed E-state index contributed by atoms with van der Waals surface area (Å²) in [6.45, 7) is 9.43. The molecule has 0 unspecified atom stereocenters. The van der Waals surface area contributed by atoms with Crippen LogP contribution in [0.5, 0.6) is 0 Å². The third kappa shape index (κ3) is 4.44. The van der Waals surface area contributed by atoms with Crippen LogP contribution in [0.3, 0.4) is 0 Å². The van der Waals surface area contributed by atoms with Crippen LogP contribution in [0.15, 0.2) is 24.4 Å². The molecule has 0 atom stereocenters. The van der Waals surface area contributed by atoms with E-state index in [2.05, 4.69) is 36.7 Å². The zero-order valence-electron chi connectivity index (χ0n) is 11.3. The van der Waals surface area contributed by atoms with Crippen molar-refractivity contribution < 1.29 is 0 Å². The van der Waals surface area contributed by atoms with Gasteiger partial charge in [-0.1, -0.05) is 13.0 Å². The largest absolute Gasteiger partial charge is 0.329 e. The monoisotopic (exact) mass is 235 g/mol. The molecule has 1 heterocycles. The molecule has 1 aromatic heterocycles. The first-order valence-corrected chi connectivity index (χ1v) is 6.45. The van der Waals surface area contributed by atoms with Crippen LogP contribution < -0.4 is 5.73 Å². The highest BCUT2D eigenvalue weighted by molar-refractivity contribution is 5.04. The van der Waals surface area contributed by atoms with E-state index in [0.717, 1.165) is 31.6 Å². The predicted octanol–water partition coefficient (Wildman–Crippen LogP) is 2.07. The lowest BCUT2D eigenvalue weighted by Gasteiger charge is -2.37. The molecule has 0 aromatic carbocycles. The zero-order chi connectivity index (χ0) is 12.7. The van der Waals surface area contributed by atoms with Crippen LogP contribution in [-0.4, -0.2) is 35.1 Å². The summed E-state index contributed by atoms with van der Waals surface area (Å²) in [4.78, 5) is 6.82. The minimum absolute atomic E-state index is 0.0742. The van der Waals surface area contributed by atoms with Crippen LogP contribution in [0, 0.1) is 0 Å². The fourth-order valence-electron chi connectivity index (χ4n) is 1.91. The summed E-state index contributed by atoms with van der Waals surface area (Å²) >= 11 is 0. The first-order chi connectivity index (χ1) is 8.10. The highest BCUT2D eigenvalue weighted by Crippen LogP contribution is 2.14. The fourth-order valence-corrected chi connectivity index (χ4v) is 1.91. The number of hydrogen-bond acceptors (Lipinski definition) is 3. The molecule has 96 valence electrons. The van der Waals surface area contributed by atoms with Crippen LogP contribution in [0.25, 0.3) is 0 Å². The number of nitrogens with two attached hydrogens (primary N) is 1. The van der Waals surface area contributed by atoms with Crippen molar-refractivity contribution in [2.75, 3.05) is 19.6 Å². The second kappa shape index (κ2) is 6.72. The van der Waals surface area contributed by atoms with Gasteiger partial charge in [0.25, 0.3) is 0 Å². The van der Waals surface area contributed by atoms with Crippen molar-refractivity contribution in [2.45, 2.75) is 39.2 Å². The molecule has 3 nitrogen and oxygen atoms in total. The molecule has 0 aliphatic rings. The van der Waals surface area contributed by atoms with Gasteiger partial charge in [0.15, 0.2) is 0 Å². The lowest BCUT2D eigenvalue weighted by molar-refractivity contribution is 0.128. The maximum atomic E-state index is 5.85. The van der Waals surface area contributed by atoms with Gasteiger partial charge in [-0.05, 0) is 38.9 Å². The molecule has 0 saturated heterocycles. The standard InChI is InChI=1S/C14H25N3/c1-4-10-17(14(2,3)12-15)11-8-13-7-5-6-9-16-13/h5-7,9H,4,8,10-12,15H2,1-3H3. The number of nitrogens with zero attached hydrogens (tertiary/aromatic N) is 2. The summed E-state index contributed by atoms with van der Waals surface area (Å²) in [5.41, 5.74) is 7.08. The molecular weight excluding hydrogens is 210 g/mol. The predicted molar refractivity (Wildman–Crippen MR) is 72.9 cm³/mol. The van der Waals surface area contributed by atoms with Gasteiger partial charge in [-0.15, -0.1) is 0 Å². The quantitative estimate of drug-likeness (QED) is 0.786. The van der Waals surface area contributed by atoms with Gasteiger partial charge in [0.2, 0.25) is 0 Å². The van der Waals surface area contributed by atoms with Gasteiger partial charge >= 0.3 is 0 Å². The molecule has 17 heavy (non-hydrogen) atoms. The lowest BCUT2D eigenvalue weighted by atomic mass is 10.0. The summed E-state index contributed by atoms with van der Waals surface area (Å²) in [6.07, 6.45) is 4.00. The molecule has 0 saturated carbocycles. The zero-order valence-corrected chi connectivity index (χ0v) is 11.3. The Morgan fingerprint density at radius 2 is 2.06 bits per heavy atom. The van der Waals surface area contributed by atoms with E-state index in [-0.39, 0.29) is 5.54 Å². The molecule has 1 aromatic rings. The van der Waals surface area contributed by atoms with E-state index in [0.29, 0.717) is 6.54 Å². The van der Waals surface area contributed by atoms with Crippen molar-refractivity contribution in [3.63, 3.8) is 0 Å². The highest BCUT2D eigenvalue weighted by atomic mass is 15.2. The summed E-state index contributed by atoms with van der Waals surface area (Å²) < 4.78 is 0. The summed E-state index contributed by atoms with van der Waals surface area (Å²) in [5.74, 6) is 0. The van der Waals surface area contributed by atoms with Gasteiger partial charge in [-0.25, -0.2) is 0 Å². The Labute approximate surface area is 105 Å². The number of rotatable bonds is 7. The molecule has 0 spiro atoms. The average Bonchev–Trinajstić information content (AvgIpc) is 2.35. The van der Waals surface area contributed by atoms with E-state index < -0.39 is 0 Å². The molecule has 0 bridgehead atoms. The van der Waals surface area contributed by atoms with E-state index in [4.69, 9.17) is 5.73 Å². The minimum atomic E-state index is 0.0742. The van der Waals surface area contributed by atoms with Crippen molar-refractivity contribution in [3.05, 3.63) is 30.1 Å². The van der Waals surface area contributed by atoms with Gasteiger partial charge in [0.05, 0.1) is 0 Å². The van der Waals surface area contributed by atoms with E-state index in [9.17, 15) is 0 Å². The third-order valence-corrected chi connectivity index (χ3v) is 3.21. The van der Waals surface area contributed by atoms with E-state index in [1.54, 1.807) is 0 Å². The Balaban J connectivity index is 2.56. The van der Waals surface area contributed by atoms with Crippen molar-refractivity contribution in [1.29, 1.82) is 0 Å². The average molecular weight is 235 g/mol. The van der Waals surface area contributed by atoms with Crippen LogP contribution in [0.4, 0.5) is 0 Å². The number of aromatic nitrogens is 1. The van der Waals surface area contributed by atoms with Gasteiger partial charge in [0.1, 0.15) is 0 Å². The van der Waals surface area contributed by atoms with Crippen LogP contribution in [0.1, 0.15) is 32.9 Å². The first-order valence-electron chi connectivity index (χ1n) is 6.45. The molecule has 0 aliphatic carbocycles. The molecule has 3 heteroatoms. The minimum Gasteiger partial charge on any atom is -0.329 e. The Hall–Kier alpha value is -0.930. The third-order valence-electron chi connectivity index (χ3n) is 3.21. The van der Waals surface area contributed by atoms with E-state index in [1.165, 1.54) is 0 Å². The van der Waals surface area contributed by atoms with Gasteiger partial charge in [-0.3, -0.25) is 9.88 Å². The maximum absolute atomic E-state index is 5.85. The van der Waals surface area contributed by atoms with Crippen molar-refractivity contribution in [3.8, 4) is 0 Å². The van der Waals surface area contributed by atoms with Gasteiger partial charge in [-0.2, -0.15) is 0 Å². The molecule has 2 N–H and O–H groups in total. The molecule has 0 fully saturated rings. The Bertz CT molecular complexity index is 309. The topological polar surface area (TPSA) is 42.2 Å². The van der Waals surface area contributed by atoms with Crippen LogP contribution in [-0.2, 0) is 6.42 Å². The lowest BCUT2D eigenvalue weighted by Crippen LogP contribution is -2.50. The van der Waals surface area contributed by atoms with Crippen molar-refractivity contribution >= 4 is 0 Å². The van der Waals surface area contributed by atoms with Gasteiger partial charge < -0.3 is 5.73 Å². The van der Waals surface area contributed by atoms with Crippen molar-refractivity contribution in [2.24, 2.45) is 5.73 Å². The van der Waals surface area contributed by atoms with Crippen LogP contribution in [0.2, 0.25) is 0 Å². The Morgan fingerprint density at radius 3 is 2.59 bits per heavy atom. The van der Waals surface area contributed by atoms with Gasteiger partial charge in [0, 0.05) is 36.9 Å². The van der Waals surface area contributed by atoms with Crippen molar-refractivity contribution in [1.82, 2.24) is 9.88 Å². The molecular formula is C14H25N3. The normalized spacial score (nSPS) is 12.1. The second-order valence-corrected chi connectivity index (χ2v) is 5.07. The molecule has 0 radical (unpaired) electrons. The number of hydrogen-bond donors (Lipinski definition) is 1. The number of pyridine rings is 1. The SMILES string of the molecule is CCCN(CCc1ccccn1)C(C)(C)CN. The first kappa shape index (κ1) is 14.1. The highest BCUT2D eigenvalue weighted by Gasteiger charge is 2.23. The molecule has 0 aliphatic heterocycles. The molecule has 0 amide bonds. The second-order valence-electron chi connectivity index (χ2n) is 5.07. The Morgan fingerprint density at radius 1 is 1.29 bits per heavy atom. The fraction of sp³-hybridized carbons (Fsp3) is 0.643.